The van der Waals surface area contributed by atoms with Crippen molar-refractivity contribution < 1.29 is 14.3 Å². The molecular formula is C14H14FNO2S. The largest absolute Gasteiger partial charge is 0.481 e. The van der Waals surface area contributed by atoms with E-state index in [1.54, 1.807) is 18.2 Å². The van der Waals surface area contributed by atoms with E-state index in [2.05, 4.69) is 5.32 Å². The number of carbonyl (C=O) groups is 1. The number of nitrogens with one attached hydrogen (secondary N) is 1. The number of benzene rings is 1. The van der Waals surface area contributed by atoms with Crippen LogP contribution < -0.4 is 5.32 Å². The van der Waals surface area contributed by atoms with Gasteiger partial charge in [-0.2, -0.15) is 0 Å². The number of carboxylic acid groups (broad SMARTS) is 1. The van der Waals surface area contributed by atoms with E-state index in [4.69, 9.17) is 5.11 Å². The summed E-state index contributed by atoms with van der Waals surface area (Å²) in [6.45, 7) is 0.308. The van der Waals surface area contributed by atoms with Crippen molar-refractivity contribution in [2.75, 3.05) is 0 Å². The second-order valence-corrected chi connectivity index (χ2v) is 5.12. The molecular weight excluding hydrogens is 265 g/mol. The Bertz CT molecular complexity index is 542. The molecule has 2 aromatic rings. The van der Waals surface area contributed by atoms with Gasteiger partial charge in [0, 0.05) is 17.0 Å². The van der Waals surface area contributed by atoms with Crippen molar-refractivity contribution in [1.29, 1.82) is 0 Å². The molecule has 3 nitrogen and oxygen atoms in total. The molecule has 0 saturated heterocycles. The molecule has 1 unspecified atom stereocenters. The van der Waals surface area contributed by atoms with Crippen molar-refractivity contribution >= 4 is 17.3 Å². The Morgan fingerprint density at radius 1 is 1.32 bits per heavy atom. The predicted molar refractivity (Wildman–Crippen MR) is 72.6 cm³/mol. The van der Waals surface area contributed by atoms with E-state index in [0.717, 1.165) is 4.88 Å². The highest BCUT2D eigenvalue weighted by molar-refractivity contribution is 7.10. The summed E-state index contributed by atoms with van der Waals surface area (Å²) in [5.41, 5.74) is 0.537. The van der Waals surface area contributed by atoms with Crippen molar-refractivity contribution in [3.05, 3.63) is 58.0 Å². The van der Waals surface area contributed by atoms with Crippen LogP contribution in [0.2, 0.25) is 0 Å². The summed E-state index contributed by atoms with van der Waals surface area (Å²) in [7, 11) is 0. The number of carboxylic acids is 1. The van der Waals surface area contributed by atoms with E-state index in [-0.39, 0.29) is 18.3 Å². The summed E-state index contributed by atoms with van der Waals surface area (Å²) in [5, 5.41) is 13.9. The number of hydrogen-bond donors (Lipinski definition) is 2. The molecule has 0 fully saturated rings. The van der Waals surface area contributed by atoms with E-state index in [1.165, 1.54) is 17.4 Å². The predicted octanol–water partition coefficient (Wildman–Crippen LogP) is 3.19. The van der Waals surface area contributed by atoms with Crippen LogP contribution in [0.15, 0.2) is 41.8 Å². The zero-order valence-corrected chi connectivity index (χ0v) is 11.0. The van der Waals surface area contributed by atoms with Gasteiger partial charge in [-0.25, -0.2) is 4.39 Å². The fourth-order valence-electron chi connectivity index (χ4n) is 1.81. The Hall–Kier alpha value is -1.72. The molecule has 0 amide bonds. The molecule has 2 N–H and O–H groups in total. The Kier molecular flexibility index (Phi) is 4.65. The third kappa shape index (κ3) is 3.87. The quantitative estimate of drug-likeness (QED) is 0.853. The molecule has 0 aliphatic heterocycles. The van der Waals surface area contributed by atoms with Gasteiger partial charge in [0.15, 0.2) is 0 Å². The lowest BCUT2D eigenvalue weighted by Gasteiger charge is -2.15. The SMILES string of the molecule is O=C(O)CC(NCc1ccccc1F)c1cccs1. The first-order chi connectivity index (χ1) is 9.16. The van der Waals surface area contributed by atoms with Crippen molar-refractivity contribution in [2.24, 2.45) is 0 Å². The molecule has 5 heteroatoms. The van der Waals surface area contributed by atoms with Gasteiger partial charge in [-0.1, -0.05) is 24.3 Å². The fraction of sp³-hybridized carbons (Fsp3) is 0.214. The van der Waals surface area contributed by atoms with E-state index in [1.807, 2.05) is 17.5 Å². The average Bonchev–Trinajstić information content (AvgIpc) is 2.89. The Balaban J connectivity index is 2.05. The minimum Gasteiger partial charge on any atom is -0.481 e. The van der Waals surface area contributed by atoms with Gasteiger partial charge in [-0.05, 0) is 17.5 Å². The number of halogens is 1. The summed E-state index contributed by atoms with van der Waals surface area (Å²) in [6, 6.07) is 9.94. The molecule has 0 saturated carbocycles. The van der Waals surface area contributed by atoms with Gasteiger partial charge < -0.3 is 10.4 Å². The molecule has 0 aliphatic rings. The van der Waals surface area contributed by atoms with Gasteiger partial charge in [-0.15, -0.1) is 11.3 Å². The lowest BCUT2D eigenvalue weighted by molar-refractivity contribution is -0.137. The summed E-state index contributed by atoms with van der Waals surface area (Å²) in [4.78, 5) is 11.8. The lowest BCUT2D eigenvalue weighted by atomic mass is 10.1. The van der Waals surface area contributed by atoms with Crippen molar-refractivity contribution in [3.8, 4) is 0 Å². The van der Waals surface area contributed by atoms with Crippen LogP contribution in [-0.4, -0.2) is 11.1 Å². The van der Waals surface area contributed by atoms with Crippen LogP contribution in [0, 0.1) is 5.82 Å². The third-order valence-corrected chi connectivity index (χ3v) is 3.75. The maximum Gasteiger partial charge on any atom is 0.305 e. The second kappa shape index (κ2) is 6.45. The molecule has 19 heavy (non-hydrogen) atoms. The van der Waals surface area contributed by atoms with E-state index < -0.39 is 5.97 Å². The number of thiophene rings is 1. The van der Waals surface area contributed by atoms with Crippen LogP contribution in [0.5, 0.6) is 0 Å². The number of aliphatic carboxylic acids is 1. The molecule has 1 aromatic carbocycles. The molecule has 0 spiro atoms. The van der Waals surface area contributed by atoms with Gasteiger partial charge in [0.05, 0.1) is 12.5 Å². The van der Waals surface area contributed by atoms with Crippen molar-refractivity contribution in [3.63, 3.8) is 0 Å². The van der Waals surface area contributed by atoms with Crippen LogP contribution in [-0.2, 0) is 11.3 Å². The van der Waals surface area contributed by atoms with Crippen molar-refractivity contribution in [2.45, 2.75) is 19.0 Å². The Morgan fingerprint density at radius 2 is 2.11 bits per heavy atom. The highest BCUT2D eigenvalue weighted by atomic mass is 32.1. The first-order valence-corrected chi connectivity index (χ1v) is 6.77. The zero-order valence-electron chi connectivity index (χ0n) is 10.2. The van der Waals surface area contributed by atoms with Gasteiger partial charge in [0.2, 0.25) is 0 Å². The first kappa shape index (κ1) is 13.7. The summed E-state index contributed by atoms with van der Waals surface area (Å²) in [5.74, 6) is -1.16. The Labute approximate surface area is 114 Å². The van der Waals surface area contributed by atoms with Crippen molar-refractivity contribution in [1.82, 2.24) is 5.32 Å². The molecule has 100 valence electrons. The summed E-state index contributed by atoms with van der Waals surface area (Å²) >= 11 is 1.49. The molecule has 0 aliphatic carbocycles. The third-order valence-electron chi connectivity index (χ3n) is 2.76. The molecule has 1 atom stereocenters. The van der Waals surface area contributed by atoms with E-state index in [0.29, 0.717) is 12.1 Å². The van der Waals surface area contributed by atoms with Gasteiger partial charge in [-0.3, -0.25) is 4.79 Å². The molecule has 0 radical (unpaired) electrons. The monoisotopic (exact) mass is 279 g/mol. The topological polar surface area (TPSA) is 49.3 Å². The molecule has 0 bridgehead atoms. The van der Waals surface area contributed by atoms with Gasteiger partial charge >= 0.3 is 5.97 Å². The first-order valence-electron chi connectivity index (χ1n) is 5.89. The van der Waals surface area contributed by atoms with Crippen LogP contribution in [0.25, 0.3) is 0 Å². The maximum atomic E-state index is 13.5. The van der Waals surface area contributed by atoms with Crippen LogP contribution in [0.1, 0.15) is 22.9 Å². The maximum absolute atomic E-state index is 13.5. The molecule has 1 aromatic heterocycles. The summed E-state index contributed by atoms with van der Waals surface area (Å²) < 4.78 is 13.5. The van der Waals surface area contributed by atoms with E-state index >= 15 is 0 Å². The second-order valence-electron chi connectivity index (χ2n) is 4.14. The summed E-state index contributed by atoms with van der Waals surface area (Å²) in [6.07, 6.45) is -0.0189. The smallest absolute Gasteiger partial charge is 0.305 e. The molecule has 1 heterocycles. The molecule has 2 rings (SSSR count). The number of rotatable bonds is 6. The van der Waals surface area contributed by atoms with Crippen LogP contribution >= 0.6 is 11.3 Å². The van der Waals surface area contributed by atoms with Crippen LogP contribution in [0.4, 0.5) is 4.39 Å². The Morgan fingerprint density at radius 3 is 2.74 bits per heavy atom. The minimum absolute atomic E-state index is 0.0189. The minimum atomic E-state index is -0.876. The van der Waals surface area contributed by atoms with Gasteiger partial charge in [0.1, 0.15) is 5.82 Å². The van der Waals surface area contributed by atoms with Crippen LogP contribution in [0.3, 0.4) is 0 Å². The lowest BCUT2D eigenvalue weighted by Crippen LogP contribution is -2.23. The highest BCUT2D eigenvalue weighted by Crippen LogP contribution is 2.22. The average molecular weight is 279 g/mol. The fourth-order valence-corrected chi connectivity index (χ4v) is 2.61. The number of hydrogen-bond acceptors (Lipinski definition) is 3. The van der Waals surface area contributed by atoms with E-state index in [9.17, 15) is 9.18 Å². The normalized spacial score (nSPS) is 12.3. The van der Waals surface area contributed by atoms with Gasteiger partial charge in [0.25, 0.3) is 0 Å². The standard InChI is InChI=1S/C14H14FNO2S/c15-11-5-2-1-4-10(11)9-16-12(8-14(17)18)13-6-3-7-19-13/h1-7,12,16H,8-9H2,(H,17,18). The zero-order chi connectivity index (χ0) is 13.7. The highest BCUT2D eigenvalue weighted by Gasteiger charge is 2.16.